The van der Waals surface area contributed by atoms with Crippen molar-refractivity contribution in [2.45, 2.75) is 57.5 Å². The van der Waals surface area contributed by atoms with E-state index >= 15 is 0 Å². The van der Waals surface area contributed by atoms with Crippen LogP contribution in [0.5, 0.6) is 5.75 Å². The SMILES string of the molecule is CCCCn1c(SCC(=O)NC(=O)c2ccc(OC(F)F)cc2)nnc1C(CC)N(C)C. The lowest BCUT2D eigenvalue weighted by atomic mass is 10.2. The zero-order valence-electron chi connectivity index (χ0n) is 18.7. The first-order chi connectivity index (χ1) is 15.3. The molecule has 0 fully saturated rings. The van der Waals surface area contributed by atoms with E-state index in [9.17, 15) is 18.4 Å². The molecule has 1 aromatic heterocycles. The summed E-state index contributed by atoms with van der Waals surface area (Å²) in [6.07, 6.45) is 2.84. The Morgan fingerprint density at radius 1 is 1.19 bits per heavy atom. The topological polar surface area (TPSA) is 89.3 Å². The maximum absolute atomic E-state index is 12.3. The van der Waals surface area contributed by atoms with Gasteiger partial charge in [-0.25, -0.2) is 0 Å². The summed E-state index contributed by atoms with van der Waals surface area (Å²) in [5.74, 6) is -0.327. The van der Waals surface area contributed by atoms with Gasteiger partial charge in [0.25, 0.3) is 5.91 Å². The third-order valence-corrected chi connectivity index (χ3v) is 5.68. The number of nitrogens with zero attached hydrogens (tertiary/aromatic N) is 4. The molecule has 32 heavy (non-hydrogen) atoms. The number of thioether (sulfide) groups is 1. The summed E-state index contributed by atoms with van der Waals surface area (Å²) in [4.78, 5) is 26.6. The van der Waals surface area contributed by atoms with Crippen LogP contribution < -0.4 is 10.1 Å². The van der Waals surface area contributed by atoms with Gasteiger partial charge in [0.1, 0.15) is 5.75 Å². The van der Waals surface area contributed by atoms with E-state index in [0.717, 1.165) is 31.6 Å². The highest BCUT2D eigenvalue weighted by atomic mass is 32.2. The first-order valence-corrected chi connectivity index (χ1v) is 11.4. The van der Waals surface area contributed by atoms with Crippen molar-refractivity contribution in [1.29, 1.82) is 0 Å². The predicted molar refractivity (Wildman–Crippen MR) is 118 cm³/mol. The summed E-state index contributed by atoms with van der Waals surface area (Å²) < 4.78 is 30.7. The summed E-state index contributed by atoms with van der Waals surface area (Å²) in [6, 6.07) is 5.22. The number of amides is 2. The summed E-state index contributed by atoms with van der Waals surface area (Å²) in [5, 5.41) is 11.6. The maximum Gasteiger partial charge on any atom is 0.387 e. The first kappa shape index (κ1) is 25.7. The number of aromatic nitrogens is 3. The van der Waals surface area contributed by atoms with Gasteiger partial charge < -0.3 is 9.30 Å². The number of carbonyl (C=O) groups is 2. The second kappa shape index (κ2) is 12.5. The van der Waals surface area contributed by atoms with Gasteiger partial charge in [-0.1, -0.05) is 32.0 Å². The molecule has 0 saturated heterocycles. The normalized spacial score (nSPS) is 12.2. The molecular weight excluding hydrogens is 440 g/mol. The van der Waals surface area contributed by atoms with E-state index in [-0.39, 0.29) is 23.1 Å². The Hall–Kier alpha value is -2.53. The molecule has 1 heterocycles. The number of nitrogens with one attached hydrogen (secondary N) is 1. The van der Waals surface area contributed by atoms with Crippen molar-refractivity contribution in [3.8, 4) is 5.75 Å². The minimum Gasteiger partial charge on any atom is -0.435 e. The van der Waals surface area contributed by atoms with Gasteiger partial charge in [-0.2, -0.15) is 8.78 Å². The Balaban J connectivity index is 2.01. The second-order valence-electron chi connectivity index (χ2n) is 7.30. The standard InChI is InChI=1S/C21H29F2N5O3S/c1-5-7-12-28-18(16(6-2)27(3)4)25-26-21(28)32-13-17(29)24-19(30)14-8-10-15(11-9-14)31-20(22)23/h8-11,16,20H,5-7,12-13H2,1-4H3,(H,24,29,30). The molecule has 2 rings (SSSR count). The van der Waals surface area contributed by atoms with Gasteiger partial charge in [0.05, 0.1) is 11.8 Å². The van der Waals surface area contributed by atoms with Crippen LogP contribution in [-0.4, -0.2) is 57.9 Å². The number of halogens is 2. The van der Waals surface area contributed by atoms with Gasteiger partial charge in [0, 0.05) is 12.1 Å². The quantitative estimate of drug-likeness (QED) is 0.474. The van der Waals surface area contributed by atoms with E-state index in [1.54, 1.807) is 0 Å². The van der Waals surface area contributed by atoms with Gasteiger partial charge >= 0.3 is 6.61 Å². The maximum atomic E-state index is 12.3. The number of unbranched alkanes of at least 4 members (excludes halogenated alkanes) is 1. The molecule has 0 aliphatic carbocycles. The molecule has 0 saturated carbocycles. The van der Waals surface area contributed by atoms with E-state index in [4.69, 9.17) is 0 Å². The molecular formula is C21H29F2N5O3S. The van der Waals surface area contributed by atoms with Gasteiger partial charge in [-0.3, -0.25) is 19.8 Å². The molecule has 176 valence electrons. The van der Waals surface area contributed by atoms with E-state index in [1.807, 2.05) is 18.7 Å². The number of rotatable bonds is 12. The Kier molecular flexibility index (Phi) is 10.0. The van der Waals surface area contributed by atoms with E-state index in [0.29, 0.717) is 5.16 Å². The molecule has 1 aromatic carbocycles. The summed E-state index contributed by atoms with van der Waals surface area (Å²) in [6.45, 7) is 1.99. The van der Waals surface area contributed by atoms with Crippen molar-refractivity contribution in [2.24, 2.45) is 0 Å². The lowest BCUT2D eigenvalue weighted by Gasteiger charge is -2.23. The number of carbonyl (C=O) groups excluding carboxylic acids is 2. The van der Waals surface area contributed by atoms with Gasteiger partial charge in [0.15, 0.2) is 11.0 Å². The fourth-order valence-electron chi connectivity index (χ4n) is 3.11. The Morgan fingerprint density at radius 3 is 2.44 bits per heavy atom. The third kappa shape index (κ3) is 7.27. The van der Waals surface area contributed by atoms with Gasteiger partial charge in [-0.15, -0.1) is 10.2 Å². The molecule has 0 aliphatic rings. The van der Waals surface area contributed by atoms with E-state index in [1.165, 1.54) is 36.0 Å². The Morgan fingerprint density at radius 2 is 1.88 bits per heavy atom. The highest BCUT2D eigenvalue weighted by molar-refractivity contribution is 7.99. The highest BCUT2D eigenvalue weighted by Gasteiger charge is 2.22. The van der Waals surface area contributed by atoms with Crippen molar-refractivity contribution >= 4 is 23.6 Å². The molecule has 1 atom stereocenters. The second-order valence-corrected chi connectivity index (χ2v) is 8.24. The molecule has 0 bridgehead atoms. The number of imide groups is 1. The molecule has 0 radical (unpaired) electrons. The lowest BCUT2D eigenvalue weighted by Crippen LogP contribution is -2.31. The number of hydrogen-bond acceptors (Lipinski definition) is 7. The lowest BCUT2D eigenvalue weighted by molar-refractivity contribution is -0.117. The molecule has 0 spiro atoms. The highest BCUT2D eigenvalue weighted by Crippen LogP contribution is 2.25. The van der Waals surface area contributed by atoms with Crippen LogP contribution in [0.2, 0.25) is 0 Å². The minimum absolute atomic E-state index is 0.0126. The van der Waals surface area contributed by atoms with Gasteiger partial charge in [-0.05, 0) is 51.2 Å². The molecule has 1 N–H and O–H groups in total. The van der Waals surface area contributed by atoms with Crippen LogP contribution in [0.3, 0.4) is 0 Å². The molecule has 2 aromatic rings. The Bertz CT molecular complexity index is 890. The molecule has 1 unspecified atom stereocenters. The van der Waals surface area contributed by atoms with E-state index in [2.05, 4.69) is 39.0 Å². The van der Waals surface area contributed by atoms with Crippen LogP contribution in [-0.2, 0) is 11.3 Å². The van der Waals surface area contributed by atoms with Crippen molar-refractivity contribution in [3.63, 3.8) is 0 Å². The predicted octanol–water partition coefficient (Wildman–Crippen LogP) is 3.74. The van der Waals surface area contributed by atoms with Crippen LogP contribution in [0.25, 0.3) is 0 Å². The fraction of sp³-hybridized carbons (Fsp3) is 0.524. The van der Waals surface area contributed by atoms with Crippen LogP contribution in [0, 0.1) is 0 Å². The van der Waals surface area contributed by atoms with Crippen molar-refractivity contribution in [2.75, 3.05) is 19.8 Å². The molecule has 0 aliphatic heterocycles. The number of alkyl halides is 2. The zero-order valence-corrected chi connectivity index (χ0v) is 19.5. The van der Waals surface area contributed by atoms with Crippen LogP contribution in [0.4, 0.5) is 8.78 Å². The summed E-state index contributed by atoms with van der Waals surface area (Å²) in [5.41, 5.74) is 0.162. The monoisotopic (exact) mass is 469 g/mol. The van der Waals surface area contributed by atoms with Crippen molar-refractivity contribution < 1.29 is 23.1 Å². The average Bonchev–Trinajstić information content (AvgIpc) is 3.13. The summed E-state index contributed by atoms with van der Waals surface area (Å²) >= 11 is 1.22. The molecule has 11 heteroatoms. The van der Waals surface area contributed by atoms with E-state index < -0.39 is 18.4 Å². The zero-order chi connectivity index (χ0) is 23.7. The summed E-state index contributed by atoms with van der Waals surface area (Å²) in [7, 11) is 3.98. The third-order valence-electron chi connectivity index (χ3n) is 4.72. The number of ether oxygens (including phenoxy) is 1. The van der Waals surface area contributed by atoms with Gasteiger partial charge in [0.2, 0.25) is 5.91 Å². The van der Waals surface area contributed by atoms with Crippen LogP contribution in [0.1, 0.15) is 55.3 Å². The smallest absolute Gasteiger partial charge is 0.387 e. The van der Waals surface area contributed by atoms with Crippen molar-refractivity contribution in [3.05, 3.63) is 35.7 Å². The van der Waals surface area contributed by atoms with Crippen LogP contribution >= 0.6 is 11.8 Å². The fourth-order valence-corrected chi connectivity index (χ4v) is 3.88. The average molecular weight is 470 g/mol. The number of benzene rings is 1. The minimum atomic E-state index is -2.95. The number of hydrogen-bond donors (Lipinski definition) is 1. The van der Waals surface area contributed by atoms with Crippen molar-refractivity contribution in [1.82, 2.24) is 25.0 Å². The molecule has 2 amide bonds. The Labute approximate surface area is 190 Å². The largest absolute Gasteiger partial charge is 0.435 e. The molecule has 8 nitrogen and oxygen atoms in total. The van der Waals surface area contributed by atoms with Crippen LogP contribution in [0.15, 0.2) is 29.4 Å². The first-order valence-electron chi connectivity index (χ1n) is 10.4.